The summed E-state index contributed by atoms with van der Waals surface area (Å²) in [6.45, 7) is 0.964. The summed E-state index contributed by atoms with van der Waals surface area (Å²) in [4.78, 5) is 10.2. The fourth-order valence-electron chi connectivity index (χ4n) is 2.64. The molecule has 2 aromatic rings. The van der Waals surface area contributed by atoms with E-state index in [-0.39, 0.29) is 5.56 Å². The first kappa shape index (κ1) is 19.8. The molecule has 140 valence electrons. The maximum atomic E-state index is 14.1. The monoisotopic (exact) mass is 361 g/mol. The zero-order valence-electron chi connectivity index (χ0n) is 15.3. The molecule has 26 heavy (non-hydrogen) atoms. The molecule has 0 saturated carbocycles. The van der Waals surface area contributed by atoms with E-state index < -0.39 is 17.7 Å². The smallest absolute Gasteiger partial charge is 0.191 e. The van der Waals surface area contributed by atoms with Crippen molar-refractivity contribution in [1.82, 2.24) is 20.5 Å². The van der Waals surface area contributed by atoms with E-state index in [1.165, 1.54) is 18.2 Å². The zero-order valence-corrected chi connectivity index (χ0v) is 15.3. The Balaban J connectivity index is 1.94. The van der Waals surface area contributed by atoms with Gasteiger partial charge in [0.05, 0.1) is 6.04 Å². The zero-order chi connectivity index (χ0) is 18.9. The van der Waals surface area contributed by atoms with Crippen LogP contribution in [0.5, 0.6) is 0 Å². The minimum atomic E-state index is -0.552. The quantitative estimate of drug-likeness (QED) is 0.587. The van der Waals surface area contributed by atoms with Gasteiger partial charge in [-0.05, 0) is 38.4 Å². The van der Waals surface area contributed by atoms with Crippen molar-refractivity contribution >= 4 is 5.96 Å². The summed E-state index contributed by atoms with van der Waals surface area (Å²) in [6, 6.07) is 9.23. The molecule has 0 amide bonds. The minimum absolute atomic E-state index is 0.0499. The van der Waals surface area contributed by atoms with Gasteiger partial charge in [-0.3, -0.25) is 9.98 Å². The average molecular weight is 361 g/mol. The van der Waals surface area contributed by atoms with E-state index in [1.807, 2.05) is 18.2 Å². The Labute approximate surface area is 153 Å². The van der Waals surface area contributed by atoms with Gasteiger partial charge in [-0.25, -0.2) is 8.78 Å². The molecule has 1 aromatic heterocycles. The molecule has 2 rings (SSSR count). The van der Waals surface area contributed by atoms with Crippen LogP contribution >= 0.6 is 0 Å². The second-order valence-corrected chi connectivity index (χ2v) is 6.07. The normalized spacial score (nSPS) is 12.9. The molecule has 0 radical (unpaired) electrons. The molecule has 2 N–H and O–H groups in total. The van der Waals surface area contributed by atoms with Crippen LogP contribution in [0, 0.1) is 11.6 Å². The molecule has 0 saturated heterocycles. The molecule has 5 nitrogen and oxygen atoms in total. The lowest BCUT2D eigenvalue weighted by atomic mass is 10.0. The summed E-state index contributed by atoms with van der Waals surface area (Å²) in [5.74, 6) is -0.531. The van der Waals surface area contributed by atoms with Crippen molar-refractivity contribution in [2.24, 2.45) is 4.99 Å². The predicted octanol–water partition coefficient (Wildman–Crippen LogP) is 2.37. The van der Waals surface area contributed by atoms with E-state index in [0.29, 0.717) is 19.0 Å². The summed E-state index contributed by atoms with van der Waals surface area (Å²) >= 11 is 0. The van der Waals surface area contributed by atoms with Crippen molar-refractivity contribution in [2.75, 3.05) is 34.2 Å². The van der Waals surface area contributed by atoms with Gasteiger partial charge in [-0.1, -0.05) is 12.1 Å². The molecule has 1 atom stereocenters. The molecule has 0 aliphatic heterocycles. The van der Waals surface area contributed by atoms with Crippen LogP contribution in [0.4, 0.5) is 8.78 Å². The largest absolute Gasteiger partial charge is 0.356 e. The number of aliphatic imine (C=N–C) groups is 1. The highest BCUT2D eigenvalue weighted by molar-refractivity contribution is 5.79. The second kappa shape index (κ2) is 9.82. The SMILES string of the molecule is CN=C(NCCc1ccccn1)NCC(c1c(F)cccc1F)N(C)C. The van der Waals surface area contributed by atoms with E-state index in [2.05, 4.69) is 20.6 Å². The Kier molecular flexibility index (Phi) is 7.47. The topological polar surface area (TPSA) is 52.6 Å². The number of rotatable bonds is 7. The van der Waals surface area contributed by atoms with Gasteiger partial charge in [-0.2, -0.15) is 0 Å². The Bertz CT molecular complexity index is 699. The number of aromatic nitrogens is 1. The van der Waals surface area contributed by atoms with Crippen molar-refractivity contribution in [3.8, 4) is 0 Å². The lowest BCUT2D eigenvalue weighted by molar-refractivity contribution is 0.282. The molecule has 1 heterocycles. The molecular weight excluding hydrogens is 336 g/mol. The van der Waals surface area contributed by atoms with Crippen molar-refractivity contribution < 1.29 is 8.78 Å². The number of guanidine groups is 1. The maximum Gasteiger partial charge on any atom is 0.191 e. The van der Waals surface area contributed by atoms with E-state index >= 15 is 0 Å². The standard InChI is InChI=1S/C19H25F2N5/c1-22-19(24-12-10-14-7-4-5-11-23-14)25-13-17(26(2)3)18-15(20)8-6-9-16(18)21/h4-9,11,17H,10,12-13H2,1-3H3,(H2,22,24,25). The molecular formula is C19H25F2N5. The van der Waals surface area contributed by atoms with Crippen LogP contribution < -0.4 is 10.6 Å². The molecule has 1 aromatic carbocycles. The third kappa shape index (κ3) is 5.49. The third-order valence-electron chi connectivity index (χ3n) is 4.04. The number of pyridine rings is 1. The molecule has 0 bridgehead atoms. The molecule has 0 fully saturated rings. The molecule has 7 heteroatoms. The number of benzene rings is 1. The highest BCUT2D eigenvalue weighted by Crippen LogP contribution is 2.23. The average Bonchev–Trinajstić information content (AvgIpc) is 2.63. The number of hydrogen-bond donors (Lipinski definition) is 2. The summed E-state index contributed by atoms with van der Waals surface area (Å²) in [6.07, 6.45) is 2.51. The second-order valence-electron chi connectivity index (χ2n) is 6.07. The minimum Gasteiger partial charge on any atom is -0.356 e. The van der Waals surface area contributed by atoms with E-state index in [9.17, 15) is 8.78 Å². The predicted molar refractivity (Wildman–Crippen MR) is 100 cm³/mol. The van der Waals surface area contributed by atoms with Crippen LogP contribution in [-0.2, 0) is 6.42 Å². The van der Waals surface area contributed by atoms with Crippen LogP contribution in [0.2, 0.25) is 0 Å². The van der Waals surface area contributed by atoms with Crippen LogP contribution in [0.1, 0.15) is 17.3 Å². The Morgan fingerprint density at radius 1 is 1.12 bits per heavy atom. The Hall–Kier alpha value is -2.54. The number of likely N-dealkylation sites (N-methyl/N-ethyl adjacent to an activating group) is 1. The number of nitrogens with one attached hydrogen (secondary N) is 2. The van der Waals surface area contributed by atoms with Crippen LogP contribution in [0.3, 0.4) is 0 Å². The fraction of sp³-hybridized carbons (Fsp3) is 0.368. The van der Waals surface area contributed by atoms with Crippen LogP contribution in [0.25, 0.3) is 0 Å². The lowest BCUT2D eigenvalue weighted by Crippen LogP contribution is -2.42. The van der Waals surface area contributed by atoms with E-state index in [1.54, 1.807) is 32.2 Å². The van der Waals surface area contributed by atoms with Crippen LogP contribution in [-0.4, -0.2) is 50.1 Å². The molecule has 0 aliphatic rings. The van der Waals surface area contributed by atoms with Crippen molar-refractivity contribution in [2.45, 2.75) is 12.5 Å². The lowest BCUT2D eigenvalue weighted by Gasteiger charge is -2.26. The van der Waals surface area contributed by atoms with Gasteiger partial charge in [0.2, 0.25) is 0 Å². The molecule has 1 unspecified atom stereocenters. The molecule has 0 aliphatic carbocycles. The van der Waals surface area contributed by atoms with Crippen molar-refractivity contribution in [1.29, 1.82) is 0 Å². The van der Waals surface area contributed by atoms with Gasteiger partial charge in [0.25, 0.3) is 0 Å². The van der Waals surface area contributed by atoms with E-state index in [0.717, 1.165) is 12.1 Å². The summed E-state index contributed by atoms with van der Waals surface area (Å²) < 4.78 is 28.2. The van der Waals surface area contributed by atoms with Gasteiger partial charge in [0, 0.05) is 44.0 Å². The maximum absolute atomic E-state index is 14.1. The van der Waals surface area contributed by atoms with Crippen LogP contribution in [0.15, 0.2) is 47.6 Å². The molecule has 0 spiro atoms. The van der Waals surface area contributed by atoms with Gasteiger partial charge in [0.1, 0.15) is 11.6 Å². The highest BCUT2D eigenvalue weighted by Gasteiger charge is 2.22. The highest BCUT2D eigenvalue weighted by atomic mass is 19.1. The number of hydrogen-bond acceptors (Lipinski definition) is 3. The Morgan fingerprint density at radius 3 is 2.42 bits per heavy atom. The summed E-state index contributed by atoms with van der Waals surface area (Å²) in [5.41, 5.74) is 1.03. The van der Waals surface area contributed by atoms with Crippen molar-refractivity contribution in [3.05, 3.63) is 65.5 Å². The first-order valence-electron chi connectivity index (χ1n) is 8.47. The first-order chi connectivity index (χ1) is 12.5. The van der Waals surface area contributed by atoms with Gasteiger partial charge >= 0.3 is 0 Å². The number of halogens is 2. The van der Waals surface area contributed by atoms with E-state index in [4.69, 9.17) is 0 Å². The summed E-state index contributed by atoms with van der Waals surface area (Å²) in [5, 5.41) is 6.32. The van der Waals surface area contributed by atoms with Gasteiger partial charge < -0.3 is 15.5 Å². The van der Waals surface area contributed by atoms with Gasteiger partial charge in [-0.15, -0.1) is 0 Å². The Morgan fingerprint density at radius 2 is 1.85 bits per heavy atom. The summed E-state index contributed by atoms with van der Waals surface area (Å²) in [7, 11) is 5.23. The number of nitrogens with zero attached hydrogens (tertiary/aromatic N) is 3. The van der Waals surface area contributed by atoms with Gasteiger partial charge in [0.15, 0.2) is 5.96 Å². The fourth-order valence-corrected chi connectivity index (χ4v) is 2.64. The van der Waals surface area contributed by atoms with Crippen molar-refractivity contribution in [3.63, 3.8) is 0 Å². The third-order valence-corrected chi connectivity index (χ3v) is 4.04. The first-order valence-corrected chi connectivity index (χ1v) is 8.47.